The molecule has 0 aromatic heterocycles. The third kappa shape index (κ3) is 5.35. The van der Waals surface area contributed by atoms with Gasteiger partial charge in [-0.3, -0.25) is 4.79 Å². The van der Waals surface area contributed by atoms with Gasteiger partial charge in [0, 0.05) is 20.2 Å². The number of hydrogen-bond acceptors (Lipinski definition) is 4. The van der Waals surface area contributed by atoms with E-state index in [9.17, 15) is 13.2 Å². The third-order valence-corrected chi connectivity index (χ3v) is 7.44. The zero-order chi connectivity index (χ0) is 22.6. The molecule has 0 fully saturated rings. The van der Waals surface area contributed by atoms with Crippen molar-refractivity contribution in [2.45, 2.75) is 43.5 Å². The number of carbonyl (C=O) groups is 1. The minimum absolute atomic E-state index is 0.0602. The minimum Gasteiger partial charge on any atom is -0.495 e. The van der Waals surface area contributed by atoms with Crippen molar-refractivity contribution in [3.63, 3.8) is 0 Å². The Labute approximate surface area is 185 Å². The molecule has 2 aromatic carbocycles. The van der Waals surface area contributed by atoms with Crippen molar-refractivity contribution in [2.75, 3.05) is 21.2 Å². The van der Waals surface area contributed by atoms with E-state index in [0.29, 0.717) is 5.56 Å². The Balaban J connectivity index is 1.72. The maximum absolute atomic E-state index is 12.5. The molecule has 1 unspecified atom stereocenters. The van der Waals surface area contributed by atoms with E-state index in [0.717, 1.165) is 22.7 Å². The summed E-state index contributed by atoms with van der Waals surface area (Å²) in [4.78, 5) is 12.5. The highest BCUT2D eigenvalue weighted by Crippen LogP contribution is 2.27. The molecule has 1 N–H and O–H groups in total. The number of amides is 1. The fourth-order valence-corrected chi connectivity index (χ4v) is 4.82. The number of nitrogens with zero attached hydrogens (tertiary/aromatic N) is 1. The molecule has 166 valence electrons. The number of sulfonamides is 1. The van der Waals surface area contributed by atoms with E-state index in [4.69, 9.17) is 4.74 Å². The van der Waals surface area contributed by atoms with Gasteiger partial charge in [0.1, 0.15) is 10.6 Å². The summed E-state index contributed by atoms with van der Waals surface area (Å²) in [6, 6.07) is 11.1. The van der Waals surface area contributed by atoms with Crippen LogP contribution in [0.4, 0.5) is 0 Å². The maximum Gasteiger partial charge on any atom is 0.246 e. The van der Waals surface area contributed by atoms with E-state index in [-0.39, 0.29) is 22.6 Å². The highest BCUT2D eigenvalue weighted by Gasteiger charge is 2.22. The molecule has 1 aliphatic rings. The molecule has 2 aromatic rings. The summed E-state index contributed by atoms with van der Waals surface area (Å²) in [5, 5.41) is 2.98. The molecule has 0 aliphatic heterocycles. The first-order valence-electron chi connectivity index (χ1n) is 10.4. The Hall–Kier alpha value is -2.64. The van der Waals surface area contributed by atoms with Crippen LogP contribution < -0.4 is 10.1 Å². The van der Waals surface area contributed by atoms with Gasteiger partial charge >= 0.3 is 0 Å². The van der Waals surface area contributed by atoms with Crippen LogP contribution >= 0.6 is 0 Å². The number of ether oxygens (including phenoxy) is 1. The van der Waals surface area contributed by atoms with Gasteiger partial charge in [0.15, 0.2) is 0 Å². The topological polar surface area (TPSA) is 75.7 Å². The smallest absolute Gasteiger partial charge is 0.246 e. The number of methoxy groups -OCH3 is 1. The average Bonchev–Trinajstić information content (AvgIpc) is 2.76. The van der Waals surface area contributed by atoms with Gasteiger partial charge in [-0.2, -0.15) is 0 Å². The summed E-state index contributed by atoms with van der Waals surface area (Å²) in [5.41, 5.74) is 4.48. The van der Waals surface area contributed by atoms with Crippen molar-refractivity contribution in [3.8, 4) is 5.75 Å². The Bertz CT molecular complexity index is 1090. The number of benzene rings is 2. The van der Waals surface area contributed by atoms with Crippen LogP contribution in [0, 0.1) is 0 Å². The zero-order valence-corrected chi connectivity index (χ0v) is 19.3. The molecule has 0 bridgehead atoms. The summed E-state index contributed by atoms with van der Waals surface area (Å²) in [5.74, 6) is 0.0226. The van der Waals surface area contributed by atoms with Crippen LogP contribution in [-0.4, -0.2) is 39.8 Å². The van der Waals surface area contributed by atoms with E-state index in [2.05, 4.69) is 23.5 Å². The summed E-state index contributed by atoms with van der Waals surface area (Å²) >= 11 is 0. The fraction of sp³-hybridized carbons (Fsp3) is 0.375. The first kappa shape index (κ1) is 23.0. The lowest BCUT2D eigenvalue weighted by Crippen LogP contribution is -2.25. The second-order valence-electron chi connectivity index (χ2n) is 8.00. The van der Waals surface area contributed by atoms with Crippen LogP contribution in [0.1, 0.15) is 48.1 Å². The quantitative estimate of drug-likeness (QED) is 0.663. The van der Waals surface area contributed by atoms with Crippen LogP contribution in [0.5, 0.6) is 5.75 Å². The van der Waals surface area contributed by atoms with Gasteiger partial charge in [0.25, 0.3) is 0 Å². The summed E-state index contributed by atoms with van der Waals surface area (Å²) in [7, 11) is 0.686. The van der Waals surface area contributed by atoms with E-state index in [1.165, 1.54) is 57.3 Å². The zero-order valence-electron chi connectivity index (χ0n) is 18.5. The molecule has 31 heavy (non-hydrogen) atoms. The van der Waals surface area contributed by atoms with Gasteiger partial charge in [-0.1, -0.05) is 24.3 Å². The van der Waals surface area contributed by atoms with Gasteiger partial charge < -0.3 is 10.1 Å². The Morgan fingerprint density at radius 1 is 1.10 bits per heavy atom. The molecule has 7 heteroatoms. The van der Waals surface area contributed by atoms with Gasteiger partial charge in [-0.05, 0) is 73.1 Å². The molecule has 1 atom stereocenters. The largest absolute Gasteiger partial charge is 0.495 e. The van der Waals surface area contributed by atoms with Crippen molar-refractivity contribution in [2.24, 2.45) is 0 Å². The minimum atomic E-state index is -3.67. The molecular weight excluding hydrogens is 412 g/mol. The lowest BCUT2D eigenvalue weighted by atomic mass is 9.89. The summed E-state index contributed by atoms with van der Waals surface area (Å²) in [6.07, 6.45) is 7.71. The molecule has 1 aliphatic carbocycles. The molecule has 0 radical (unpaired) electrons. The van der Waals surface area contributed by atoms with Crippen molar-refractivity contribution in [3.05, 3.63) is 64.7 Å². The molecule has 0 saturated heterocycles. The standard InChI is InChI=1S/C24H30N2O4S/c1-17(20-12-11-19-7-5-6-8-21(19)16-20)25-24(27)14-10-18-9-13-22(30-4)23(15-18)31(28,29)26(2)3/h9-17H,5-8H2,1-4H3,(H,25,27)/b14-10+. The van der Waals surface area contributed by atoms with Gasteiger partial charge in [-0.15, -0.1) is 0 Å². The fourth-order valence-electron chi connectivity index (χ4n) is 3.73. The van der Waals surface area contributed by atoms with Gasteiger partial charge in [-0.25, -0.2) is 12.7 Å². The Kier molecular flexibility index (Phi) is 7.18. The van der Waals surface area contributed by atoms with Crippen molar-refractivity contribution in [1.82, 2.24) is 9.62 Å². The molecule has 0 spiro atoms. The Morgan fingerprint density at radius 2 is 1.81 bits per heavy atom. The van der Waals surface area contributed by atoms with E-state index >= 15 is 0 Å². The first-order valence-corrected chi connectivity index (χ1v) is 11.9. The lowest BCUT2D eigenvalue weighted by molar-refractivity contribution is -0.117. The number of rotatable bonds is 7. The molecule has 1 amide bonds. The maximum atomic E-state index is 12.5. The number of fused-ring (bicyclic) bond motifs is 1. The van der Waals surface area contributed by atoms with Crippen LogP contribution in [0.15, 0.2) is 47.4 Å². The highest BCUT2D eigenvalue weighted by atomic mass is 32.2. The first-order chi connectivity index (χ1) is 14.7. The highest BCUT2D eigenvalue weighted by molar-refractivity contribution is 7.89. The second-order valence-corrected chi connectivity index (χ2v) is 10.1. The second kappa shape index (κ2) is 9.66. The van der Waals surface area contributed by atoms with Crippen molar-refractivity contribution in [1.29, 1.82) is 0 Å². The number of hydrogen-bond donors (Lipinski definition) is 1. The summed E-state index contributed by atoms with van der Waals surface area (Å²) in [6.45, 7) is 1.96. The summed E-state index contributed by atoms with van der Waals surface area (Å²) < 4.78 is 31.4. The number of carbonyl (C=O) groups excluding carboxylic acids is 1. The molecule has 0 saturated carbocycles. The van der Waals surface area contributed by atoms with Crippen LogP contribution in [0.2, 0.25) is 0 Å². The monoisotopic (exact) mass is 442 g/mol. The predicted molar refractivity (Wildman–Crippen MR) is 123 cm³/mol. The predicted octanol–water partition coefficient (Wildman–Crippen LogP) is 3.71. The van der Waals surface area contributed by atoms with Gasteiger partial charge in [0.05, 0.1) is 13.2 Å². The van der Waals surface area contributed by atoms with Gasteiger partial charge in [0.2, 0.25) is 15.9 Å². The van der Waals surface area contributed by atoms with E-state index in [1.54, 1.807) is 18.2 Å². The number of nitrogens with one attached hydrogen (secondary N) is 1. The molecule has 6 nitrogen and oxygen atoms in total. The SMILES string of the molecule is COc1ccc(/C=C/C(=O)NC(C)c2ccc3c(c2)CCCC3)cc1S(=O)(=O)N(C)C. The Morgan fingerprint density at radius 3 is 2.48 bits per heavy atom. The van der Waals surface area contributed by atoms with Crippen molar-refractivity contribution < 1.29 is 17.9 Å². The van der Waals surface area contributed by atoms with Crippen LogP contribution in [-0.2, 0) is 27.7 Å². The molecular formula is C24H30N2O4S. The average molecular weight is 443 g/mol. The van der Waals surface area contributed by atoms with Crippen LogP contribution in [0.25, 0.3) is 6.08 Å². The van der Waals surface area contributed by atoms with Crippen molar-refractivity contribution >= 4 is 22.0 Å². The van der Waals surface area contributed by atoms with E-state index < -0.39 is 10.0 Å². The third-order valence-electron chi connectivity index (χ3n) is 5.60. The lowest BCUT2D eigenvalue weighted by Gasteiger charge is -2.19. The molecule has 0 heterocycles. The number of aryl methyl sites for hydroxylation is 2. The van der Waals surface area contributed by atoms with E-state index in [1.807, 2.05) is 6.92 Å². The normalized spacial score (nSPS) is 15.0. The molecule has 3 rings (SSSR count). The van der Waals surface area contributed by atoms with Crippen LogP contribution in [0.3, 0.4) is 0 Å².